The van der Waals surface area contributed by atoms with Gasteiger partial charge < -0.3 is 4.90 Å². The van der Waals surface area contributed by atoms with Crippen LogP contribution in [-0.2, 0) is 0 Å². The zero-order valence-corrected chi connectivity index (χ0v) is 23.4. The first kappa shape index (κ1) is 25.1. The van der Waals surface area contributed by atoms with E-state index in [1.54, 1.807) is 30.3 Å². The predicted octanol–water partition coefficient (Wildman–Crippen LogP) is 9.01. The summed E-state index contributed by atoms with van der Waals surface area (Å²) in [6, 6.07) is 28.5. The van der Waals surface area contributed by atoms with Crippen molar-refractivity contribution in [3.8, 4) is 0 Å². The summed E-state index contributed by atoms with van der Waals surface area (Å²) in [6.07, 6.45) is 1.77. The lowest BCUT2D eigenvalue weighted by Crippen LogP contribution is -2.53. The van der Waals surface area contributed by atoms with Crippen molar-refractivity contribution in [3.05, 3.63) is 107 Å². The average Bonchev–Trinajstić information content (AvgIpc) is 3.12. The van der Waals surface area contributed by atoms with E-state index in [2.05, 4.69) is 95.0 Å². The van der Waals surface area contributed by atoms with Crippen LogP contribution < -0.4 is 4.90 Å². The third kappa shape index (κ3) is 3.96. The number of carbonyl (C=O) groups excluding carboxylic acids is 2. The molecule has 3 heteroatoms. The molecule has 0 aromatic heterocycles. The highest BCUT2D eigenvalue weighted by Gasteiger charge is 2.33. The Bertz CT molecular complexity index is 1810. The minimum absolute atomic E-state index is 0.0535. The molecule has 0 spiro atoms. The summed E-state index contributed by atoms with van der Waals surface area (Å²) in [7, 11) is 0. The molecule has 1 aliphatic carbocycles. The number of carbonyl (C=O) groups is 2. The van der Waals surface area contributed by atoms with E-state index in [1.165, 1.54) is 21.8 Å². The molecule has 0 unspecified atom stereocenters. The average molecular weight is 512 g/mol. The van der Waals surface area contributed by atoms with Gasteiger partial charge in [-0.3, -0.25) is 9.59 Å². The summed E-state index contributed by atoms with van der Waals surface area (Å²) < 4.78 is 0. The Morgan fingerprint density at radius 3 is 1.54 bits per heavy atom. The molecule has 0 N–H and O–H groups in total. The van der Waals surface area contributed by atoms with Gasteiger partial charge in [0.05, 0.1) is 5.57 Å². The van der Waals surface area contributed by atoms with Crippen LogP contribution in [0.15, 0.2) is 90.5 Å². The zero-order chi connectivity index (χ0) is 27.7. The van der Waals surface area contributed by atoms with Gasteiger partial charge in [-0.25, -0.2) is 0 Å². The molecular weight excluding hydrogens is 478 g/mol. The normalized spacial score (nSPS) is 13.9. The Kier molecular flexibility index (Phi) is 5.55. The monoisotopic (exact) mass is 511 g/mol. The highest BCUT2D eigenvalue weighted by Crippen LogP contribution is 2.41. The lowest BCUT2D eigenvalue weighted by atomic mass is 9.91. The lowest BCUT2D eigenvalue weighted by Gasteiger charge is -2.48. The first-order valence-corrected chi connectivity index (χ1v) is 13.5. The highest BCUT2D eigenvalue weighted by molar-refractivity contribution is 6.41. The largest absolute Gasteiger partial charge is 0.361 e. The van der Waals surface area contributed by atoms with Gasteiger partial charge >= 0.3 is 0 Å². The number of rotatable bonds is 2. The molecule has 5 aromatic rings. The second-order valence-electron chi connectivity index (χ2n) is 12.5. The molecule has 5 aromatic carbocycles. The first-order chi connectivity index (χ1) is 18.5. The molecule has 6 rings (SSSR count). The van der Waals surface area contributed by atoms with Crippen LogP contribution in [0.5, 0.6) is 0 Å². The number of nitrogens with zero attached hydrogens (tertiary/aromatic N) is 1. The molecule has 0 fully saturated rings. The van der Waals surface area contributed by atoms with Gasteiger partial charge in [-0.15, -0.1) is 0 Å². The fraction of sp³-hybridized carbons (Fsp3) is 0.222. The summed E-state index contributed by atoms with van der Waals surface area (Å²) in [5.41, 5.74) is 3.20. The maximum atomic E-state index is 13.0. The van der Waals surface area contributed by atoms with Gasteiger partial charge in [0, 0.05) is 33.3 Å². The van der Waals surface area contributed by atoms with E-state index >= 15 is 0 Å². The molecular formula is C36H33NO2. The Morgan fingerprint density at radius 1 is 0.513 bits per heavy atom. The van der Waals surface area contributed by atoms with Crippen molar-refractivity contribution in [2.24, 2.45) is 0 Å². The van der Waals surface area contributed by atoms with Gasteiger partial charge in [0.25, 0.3) is 0 Å². The van der Waals surface area contributed by atoms with E-state index in [-0.39, 0.29) is 28.2 Å². The molecule has 0 amide bonds. The SMILES string of the molecule is CC(C)(C)N(c1cccc2c1ccc1c3cccc(C=C4C(=O)c5ccccc5C4=O)c3ccc21)C(C)(C)C. The van der Waals surface area contributed by atoms with Crippen LogP contribution >= 0.6 is 0 Å². The smallest absolute Gasteiger partial charge is 0.197 e. The van der Waals surface area contributed by atoms with Gasteiger partial charge in [0.1, 0.15) is 0 Å². The number of anilines is 1. The molecule has 0 aliphatic heterocycles. The molecule has 3 nitrogen and oxygen atoms in total. The number of allylic oxidation sites excluding steroid dienone is 1. The van der Waals surface area contributed by atoms with Crippen molar-refractivity contribution in [1.29, 1.82) is 0 Å². The molecule has 194 valence electrons. The topological polar surface area (TPSA) is 37.4 Å². The number of Topliss-reactive ketones (excluding diaryl/α,β-unsaturated/α-hetero) is 2. The van der Waals surface area contributed by atoms with E-state index < -0.39 is 0 Å². The number of fused-ring (bicyclic) bond motifs is 6. The third-order valence-electron chi connectivity index (χ3n) is 7.71. The van der Waals surface area contributed by atoms with Crippen molar-refractivity contribution in [2.45, 2.75) is 52.6 Å². The Morgan fingerprint density at radius 2 is 0.974 bits per heavy atom. The van der Waals surface area contributed by atoms with E-state index in [0.717, 1.165) is 21.7 Å². The van der Waals surface area contributed by atoms with Gasteiger partial charge in [-0.1, -0.05) is 78.9 Å². The maximum Gasteiger partial charge on any atom is 0.197 e. The summed E-state index contributed by atoms with van der Waals surface area (Å²) in [6.45, 7) is 13.6. The van der Waals surface area contributed by atoms with Crippen LogP contribution in [0.3, 0.4) is 0 Å². The molecule has 0 bridgehead atoms. The molecule has 1 aliphatic rings. The lowest BCUT2D eigenvalue weighted by molar-refractivity contribution is 0.0990. The number of hydrogen-bond acceptors (Lipinski definition) is 3. The standard InChI is InChI=1S/C36H33NO2/c1-35(2,3)37(36(4,5)6)32-16-10-15-25-27-18-17-23-22(11-9-14-24(23)26(27)19-20-28(25)32)21-31-33(38)29-12-7-8-13-30(29)34(31)39/h7-21H,1-6H3. The summed E-state index contributed by atoms with van der Waals surface area (Å²) >= 11 is 0. The minimum Gasteiger partial charge on any atom is -0.361 e. The predicted molar refractivity (Wildman–Crippen MR) is 164 cm³/mol. The minimum atomic E-state index is -0.200. The fourth-order valence-electron chi connectivity index (χ4n) is 6.56. The molecule has 0 atom stereocenters. The second-order valence-corrected chi connectivity index (χ2v) is 12.5. The quantitative estimate of drug-likeness (QED) is 0.135. The Balaban J connectivity index is 1.55. The van der Waals surface area contributed by atoms with Crippen molar-refractivity contribution in [2.75, 3.05) is 4.90 Å². The zero-order valence-electron chi connectivity index (χ0n) is 23.4. The summed E-state index contributed by atoms with van der Waals surface area (Å²) in [4.78, 5) is 28.6. The van der Waals surface area contributed by atoms with Crippen LogP contribution in [0, 0.1) is 0 Å². The Hall–Kier alpha value is -4.24. The summed E-state index contributed by atoms with van der Waals surface area (Å²) in [5.74, 6) is -0.400. The van der Waals surface area contributed by atoms with Gasteiger partial charge in [0.15, 0.2) is 11.6 Å². The van der Waals surface area contributed by atoms with Crippen LogP contribution in [0.2, 0.25) is 0 Å². The first-order valence-electron chi connectivity index (χ1n) is 13.5. The molecule has 0 radical (unpaired) electrons. The number of hydrogen-bond donors (Lipinski definition) is 0. The van der Waals surface area contributed by atoms with Crippen molar-refractivity contribution in [3.63, 3.8) is 0 Å². The van der Waals surface area contributed by atoms with Crippen LogP contribution in [0.4, 0.5) is 5.69 Å². The highest BCUT2D eigenvalue weighted by atomic mass is 16.2. The molecule has 0 saturated heterocycles. The Labute approximate surface area is 229 Å². The number of ketones is 2. The molecule has 39 heavy (non-hydrogen) atoms. The van der Waals surface area contributed by atoms with Crippen molar-refractivity contribution in [1.82, 2.24) is 0 Å². The van der Waals surface area contributed by atoms with E-state index in [9.17, 15) is 9.59 Å². The molecule has 0 heterocycles. The van der Waals surface area contributed by atoms with Crippen molar-refractivity contribution >= 4 is 55.6 Å². The number of benzene rings is 5. The van der Waals surface area contributed by atoms with E-state index in [4.69, 9.17) is 0 Å². The van der Waals surface area contributed by atoms with Crippen molar-refractivity contribution < 1.29 is 9.59 Å². The van der Waals surface area contributed by atoms with E-state index in [0.29, 0.717) is 11.1 Å². The van der Waals surface area contributed by atoms with Gasteiger partial charge in [0.2, 0.25) is 0 Å². The van der Waals surface area contributed by atoms with Crippen LogP contribution in [0.25, 0.3) is 38.4 Å². The maximum absolute atomic E-state index is 13.0. The fourth-order valence-corrected chi connectivity index (χ4v) is 6.56. The second kappa shape index (κ2) is 8.64. The third-order valence-corrected chi connectivity index (χ3v) is 7.71. The van der Waals surface area contributed by atoms with Gasteiger partial charge in [-0.2, -0.15) is 0 Å². The van der Waals surface area contributed by atoms with Gasteiger partial charge in [-0.05, 0) is 86.2 Å². The van der Waals surface area contributed by atoms with Crippen LogP contribution in [-0.4, -0.2) is 22.6 Å². The molecule has 0 saturated carbocycles. The van der Waals surface area contributed by atoms with E-state index in [1.807, 2.05) is 12.1 Å². The van der Waals surface area contributed by atoms with Crippen LogP contribution in [0.1, 0.15) is 67.8 Å². The summed E-state index contributed by atoms with van der Waals surface area (Å²) in [5, 5.41) is 6.92.